The predicted octanol–water partition coefficient (Wildman–Crippen LogP) is 3.47. The van der Waals surface area contributed by atoms with E-state index in [0.29, 0.717) is 11.4 Å². The molecule has 0 aromatic heterocycles. The molecule has 5 heteroatoms. The molecular weight excluding hydrogens is 290 g/mol. The lowest BCUT2D eigenvalue weighted by atomic mass is 10.1. The second-order valence-corrected chi connectivity index (χ2v) is 5.13. The topological polar surface area (TPSA) is 85.2 Å². The average Bonchev–Trinajstić information content (AvgIpc) is 2.52. The Labute approximate surface area is 134 Å². The molecule has 0 aliphatic heterocycles. The molecule has 5 nitrogen and oxygen atoms in total. The Bertz CT molecular complexity index is 787. The number of carbonyl (C=O) groups excluding carboxylic acids is 1. The van der Waals surface area contributed by atoms with Crippen molar-refractivity contribution in [1.29, 1.82) is 5.26 Å². The van der Waals surface area contributed by atoms with E-state index in [1.807, 2.05) is 38.1 Å². The van der Waals surface area contributed by atoms with Crippen LogP contribution in [0.15, 0.2) is 54.2 Å². The standard InChI is InChI=1S/C18H17N3O2/c1-12-3-8-17(13(2)9-12)21-18(23)14(10-19)11-20-15-4-6-16(22)7-5-15/h3-9,11,20,22H,1-2H3,(H,21,23)/b14-11-. The maximum absolute atomic E-state index is 12.2. The highest BCUT2D eigenvalue weighted by molar-refractivity contribution is 6.07. The Balaban J connectivity index is 2.10. The zero-order valence-electron chi connectivity index (χ0n) is 12.9. The fourth-order valence-electron chi connectivity index (χ4n) is 2.01. The molecule has 0 radical (unpaired) electrons. The van der Waals surface area contributed by atoms with E-state index in [2.05, 4.69) is 10.6 Å². The number of phenolic OH excluding ortho intramolecular Hbond substituents is 1. The zero-order valence-corrected chi connectivity index (χ0v) is 12.9. The Kier molecular flexibility index (Phi) is 5.00. The van der Waals surface area contributed by atoms with Gasteiger partial charge in [0.1, 0.15) is 17.4 Å². The smallest absolute Gasteiger partial charge is 0.267 e. The van der Waals surface area contributed by atoms with Gasteiger partial charge in [0, 0.05) is 17.6 Å². The summed E-state index contributed by atoms with van der Waals surface area (Å²) in [6.45, 7) is 3.87. The summed E-state index contributed by atoms with van der Waals surface area (Å²) in [5.41, 5.74) is 3.33. The van der Waals surface area contributed by atoms with E-state index in [1.165, 1.54) is 18.3 Å². The minimum atomic E-state index is -0.481. The maximum Gasteiger partial charge on any atom is 0.267 e. The fourth-order valence-corrected chi connectivity index (χ4v) is 2.01. The minimum absolute atomic E-state index is 0.0435. The summed E-state index contributed by atoms with van der Waals surface area (Å²) in [6, 6.07) is 13.8. The summed E-state index contributed by atoms with van der Waals surface area (Å²) in [5.74, 6) is -0.335. The largest absolute Gasteiger partial charge is 0.508 e. The minimum Gasteiger partial charge on any atom is -0.508 e. The summed E-state index contributed by atoms with van der Waals surface area (Å²) < 4.78 is 0. The molecule has 2 aromatic carbocycles. The van der Waals surface area contributed by atoms with Gasteiger partial charge < -0.3 is 15.7 Å². The first kappa shape index (κ1) is 16.1. The Morgan fingerprint density at radius 2 is 1.87 bits per heavy atom. The van der Waals surface area contributed by atoms with Crippen LogP contribution in [0, 0.1) is 25.2 Å². The number of aromatic hydroxyl groups is 1. The van der Waals surface area contributed by atoms with Crippen molar-refractivity contribution in [3.63, 3.8) is 0 Å². The molecule has 2 aromatic rings. The van der Waals surface area contributed by atoms with Crippen LogP contribution in [0.25, 0.3) is 0 Å². The lowest BCUT2D eigenvalue weighted by Gasteiger charge is -2.09. The number of rotatable bonds is 4. The second kappa shape index (κ2) is 7.14. The Hall–Kier alpha value is -3.26. The molecule has 3 N–H and O–H groups in total. The molecule has 0 saturated carbocycles. The van der Waals surface area contributed by atoms with Gasteiger partial charge in [-0.2, -0.15) is 5.26 Å². The monoisotopic (exact) mass is 307 g/mol. The first-order chi connectivity index (χ1) is 11.0. The van der Waals surface area contributed by atoms with Gasteiger partial charge in [-0.25, -0.2) is 0 Å². The normalized spacial score (nSPS) is 10.7. The van der Waals surface area contributed by atoms with E-state index >= 15 is 0 Å². The van der Waals surface area contributed by atoms with Crippen LogP contribution >= 0.6 is 0 Å². The van der Waals surface area contributed by atoms with Crippen LogP contribution in [0.4, 0.5) is 11.4 Å². The van der Waals surface area contributed by atoms with Crippen LogP contribution in [0.1, 0.15) is 11.1 Å². The van der Waals surface area contributed by atoms with E-state index in [1.54, 1.807) is 12.1 Å². The lowest BCUT2D eigenvalue weighted by molar-refractivity contribution is -0.112. The predicted molar refractivity (Wildman–Crippen MR) is 90.0 cm³/mol. The quantitative estimate of drug-likeness (QED) is 0.459. The number of nitriles is 1. The van der Waals surface area contributed by atoms with Crippen molar-refractivity contribution in [2.24, 2.45) is 0 Å². The van der Waals surface area contributed by atoms with Gasteiger partial charge in [0.25, 0.3) is 5.91 Å². The van der Waals surface area contributed by atoms with Gasteiger partial charge in [0.2, 0.25) is 0 Å². The molecule has 0 heterocycles. The third-order valence-electron chi connectivity index (χ3n) is 3.25. The second-order valence-electron chi connectivity index (χ2n) is 5.13. The molecule has 0 saturated heterocycles. The number of benzene rings is 2. The molecule has 0 spiro atoms. The summed E-state index contributed by atoms with van der Waals surface area (Å²) in [4.78, 5) is 12.2. The molecule has 1 amide bonds. The van der Waals surface area contributed by atoms with E-state index < -0.39 is 5.91 Å². The average molecular weight is 307 g/mol. The molecule has 2 rings (SSSR count). The summed E-state index contributed by atoms with van der Waals surface area (Å²) in [7, 11) is 0. The van der Waals surface area contributed by atoms with Crippen LogP contribution < -0.4 is 10.6 Å². The van der Waals surface area contributed by atoms with Crippen molar-refractivity contribution in [2.45, 2.75) is 13.8 Å². The van der Waals surface area contributed by atoms with E-state index in [0.717, 1.165) is 11.1 Å². The molecule has 116 valence electrons. The molecular formula is C18H17N3O2. The van der Waals surface area contributed by atoms with E-state index in [9.17, 15) is 9.90 Å². The van der Waals surface area contributed by atoms with Crippen molar-refractivity contribution in [2.75, 3.05) is 10.6 Å². The van der Waals surface area contributed by atoms with Crippen molar-refractivity contribution in [1.82, 2.24) is 0 Å². The maximum atomic E-state index is 12.2. The number of aryl methyl sites for hydroxylation is 2. The molecule has 0 bridgehead atoms. The third-order valence-corrected chi connectivity index (χ3v) is 3.25. The summed E-state index contributed by atoms with van der Waals surface area (Å²) in [6.07, 6.45) is 1.34. The first-order valence-electron chi connectivity index (χ1n) is 7.04. The van der Waals surface area contributed by atoms with Crippen molar-refractivity contribution >= 4 is 17.3 Å². The van der Waals surface area contributed by atoms with Gasteiger partial charge >= 0.3 is 0 Å². The van der Waals surface area contributed by atoms with E-state index in [4.69, 9.17) is 5.26 Å². The van der Waals surface area contributed by atoms with Gasteiger partial charge in [-0.15, -0.1) is 0 Å². The van der Waals surface area contributed by atoms with Crippen LogP contribution in [-0.2, 0) is 4.79 Å². The van der Waals surface area contributed by atoms with Crippen molar-refractivity contribution in [3.05, 3.63) is 65.4 Å². The van der Waals surface area contributed by atoms with Crippen molar-refractivity contribution in [3.8, 4) is 11.8 Å². The van der Waals surface area contributed by atoms with E-state index in [-0.39, 0.29) is 11.3 Å². The van der Waals surface area contributed by atoms with Crippen LogP contribution in [0.3, 0.4) is 0 Å². The molecule has 0 fully saturated rings. The summed E-state index contributed by atoms with van der Waals surface area (Å²) in [5, 5.41) is 24.0. The Morgan fingerprint density at radius 3 is 2.48 bits per heavy atom. The number of amides is 1. The number of anilines is 2. The van der Waals surface area contributed by atoms with Crippen LogP contribution in [0.5, 0.6) is 5.75 Å². The number of hydrogen-bond donors (Lipinski definition) is 3. The molecule has 0 unspecified atom stereocenters. The van der Waals surface area contributed by atoms with Gasteiger partial charge in [-0.3, -0.25) is 4.79 Å². The summed E-state index contributed by atoms with van der Waals surface area (Å²) >= 11 is 0. The van der Waals surface area contributed by atoms with Gasteiger partial charge in [0.15, 0.2) is 0 Å². The molecule has 0 aliphatic rings. The highest BCUT2D eigenvalue weighted by atomic mass is 16.3. The third kappa shape index (κ3) is 4.35. The van der Waals surface area contributed by atoms with Crippen LogP contribution in [-0.4, -0.2) is 11.0 Å². The fraction of sp³-hybridized carbons (Fsp3) is 0.111. The highest BCUT2D eigenvalue weighted by Gasteiger charge is 2.10. The van der Waals surface area contributed by atoms with Crippen molar-refractivity contribution < 1.29 is 9.90 Å². The Morgan fingerprint density at radius 1 is 1.17 bits per heavy atom. The SMILES string of the molecule is Cc1ccc(NC(=O)/C(C#N)=C\Nc2ccc(O)cc2)c(C)c1. The van der Waals surface area contributed by atoms with Gasteiger partial charge in [-0.05, 0) is 49.7 Å². The zero-order chi connectivity index (χ0) is 16.8. The number of hydrogen-bond acceptors (Lipinski definition) is 4. The molecule has 0 aliphatic carbocycles. The molecule has 0 atom stereocenters. The van der Waals surface area contributed by atoms with Gasteiger partial charge in [-0.1, -0.05) is 17.7 Å². The van der Waals surface area contributed by atoms with Gasteiger partial charge in [0.05, 0.1) is 0 Å². The lowest BCUT2D eigenvalue weighted by Crippen LogP contribution is -2.15. The molecule has 23 heavy (non-hydrogen) atoms. The highest BCUT2D eigenvalue weighted by Crippen LogP contribution is 2.17. The number of phenols is 1. The number of nitrogens with zero attached hydrogens (tertiary/aromatic N) is 1. The number of nitrogens with one attached hydrogen (secondary N) is 2. The number of carbonyl (C=O) groups is 1. The van der Waals surface area contributed by atoms with Crippen LogP contribution in [0.2, 0.25) is 0 Å². The first-order valence-corrected chi connectivity index (χ1v) is 7.04.